The molecule has 0 aliphatic rings. The first-order valence-corrected chi connectivity index (χ1v) is 8.54. The minimum atomic E-state index is -0.321. The summed E-state index contributed by atoms with van der Waals surface area (Å²) in [4.78, 5) is 12.1. The number of carbonyl (C=O) groups is 1. The van der Waals surface area contributed by atoms with Gasteiger partial charge in [0.2, 0.25) is 0 Å². The van der Waals surface area contributed by atoms with E-state index in [4.69, 9.17) is 39.3 Å². The molecule has 25 heavy (non-hydrogen) atoms. The molecular weight excluding hydrogens is 387 g/mol. The third-order valence-electron chi connectivity index (χ3n) is 3.39. The Hall–Kier alpha value is -2.02. The molecule has 0 atom stereocenters. The lowest BCUT2D eigenvalue weighted by atomic mass is 10.1. The average Bonchev–Trinajstić information content (AvgIpc) is 3.21. The number of halogens is 3. The van der Waals surface area contributed by atoms with Crippen molar-refractivity contribution in [2.45, 2.75) is 13.0 Å². The van der Waals surface area contributed by atoms with Gasteiger partial charge in [-0.1, -0.05) is 40.0 Å². The van der Waals surface area contributed by atoms with E-state index in [0.717, 1.165) is 0 Å². The molecule has 0 saturated carbocycles. The first-order chi connectivity index (χ1) is 12.0. The molecule has 0 fully saturated rings. The van der Waals surface area contributed by atoms with Crippen molar-refractivity contribution in [2.75, 3.05) is 6.54 Å². The Bertz CT molecular complexity index is 891. The van der Waals surface area contributed by atoms with E-state index in [-0.39, 0.29) is 11.6 Å². The largest absolute Gasteiger partial charge is 0.355 e. The summed E-state index contributed by atoms with van der Waals surface area (Å²) >= 11 is 17.8. The van der Waals surface area contributed by atoms with Crippen LogP contribution in [0.5, 0.6) is 0 Å². The summed E-state index contributed by atoms with van der Waals surface area (Å²) in [6, 6.07) is 6.54. The highest BCUT2D eigenvalue weighted by molar-refractivity contribution is 6.36. The number of nitrogens with zero attached hydrogens (tertiary/aromatic N) is 3. The molecule has 3 aromatic rings. The van der Waals surface area contributed by atoms with Crippen LogP contribution < -0.4 is 5.32 Å². The summed E-state index contributed by atoms with van der Waals surface area (Å²) in [5.74, 6) is 0.0802. The van der Waals surface area contributed by atoms with Crippen LogP contribution in [0, 0.1) is 0 Å². The monoisotopic (exact) mass is 398 g/mol. The van der Waals surface area contributed by atoms with Gasteiger partial charge in [0.1, 0.15) is 0 Å². The van der Waals surface area contributed by atoms with Crippen molar-refractivity contribution in [2.24, 2.45) is 0 Å². The van der Waals surface area contributed by atoms with Crippen LogP contribution in [0.1, 0.15) is 16.9 Å². The van der Waals surface area contributed by atoms with Gasteiger partial charge in [0, 0.05) is 35.9 Å². The molecule has 0 bridgehead atoms. The Balaban J connectivity index is 1.55. The fourth-order valence-corrected chi connectivity index (χ4v) is 2.85. The maximum Gasteiger partial charge on any atom is 0.273 e. The van der Waals surface area contributed by atoms with Crippen molar-refractivity contribution in [3.8, 4) is 11.3 Å². The van der Waals surface area contributed by atoms with Crippen molar-refractivity contribution in [1.29, 1.82) is 0 Å². The smallest absolute Gasteiger partial charge is 0.273 e. The zero-order chi connectivity index (χ0) is 17.8. The van der Waals surface area contributed by atoms with E-state index in [2.05, 4.69) is 15.6 Å². The SMILES string of the molecule is O=C(NCCCn1cc(Cl)cn1)c1cc(-c2ccc(Cl)cc2Cl)on1. The van der Waals surface area contributed by atoms with E-state index in [1.165, 1.54) is 6.07 Å². The molecule has 0 radical (unpaired) electrons. The second-order valence-electron chi connectivity index (χ2n) is 5.23. The molecule has 0 saturated heterocycles. The van der Waals surface area contributed by atoms with Gasteiger partial charge in [-0.2, -0.15) is 5.10 Å². The predicted octanol–water partition coefficient (Wildman–Crippen LogP) is 4.32. The van der Waals surface area contributed by atoms with E-state index in [0.29, 0.717) is 45.9 Å². The van der Waals surface area contributed by atoms with E-state index >= 15 is 0 Å². The minimum Gasteiger partial charge on any atom is -0.355 e. The predicted molar refractivity (Wildman–Crippen MR) is 96.1 cm³/mol. The maximum absolute atomic E-state index is 12.1. The van der Waals surface area contributed by atoms with Gasteiger partial charge in [-0.3, -0.25) is 9.48 Å². The Morgan fingerprint density at radius 1 is 1.20 bits per heavy atom. The number of hydrogen-bond acceptors (Lipinski definition) is 4. The van der Waals surface area contributed by atoms with E-state index < -0.39 is 0 Å². The van der Waals surface area contributed by atoms with Crippen LogP contribution in [0.3, 0.4) is 0 Å². The summed E-state index contributed by atoms with van der Waals surface area (Å²) in [5, 5.41) is 12.1. The molecule has 9 heteroatoms. The van der Waals surface area contributed by atoms with Gasteiger partial charge in [-0.15, -0.1) is 0 Å². The van der Waals surface area contributed by atoms with Gasteiger partial charge in [0.05, 0.1) is 16.2 Å². The van der Waals surface area contributed by atoms with Gasteiger partial charge < -0.3 is 9.84 Å². The summed E-state index contributed by atoms with van der Waals surface area (Å²) in [6.45, 7) is 1.12. The van der Waals surface area contributed by atoms with Crippen LogP contribution in [0.4, 0.5) is 0 Å². The van der Waals surface area contributed by atoms with Gasteiger partial charge in [-0.05, 0) is 24.6 Å². The lowest BCUT2D eigenvalue weighted by molar-refractivity contribution is 0.0943. The molecule has 3 rings (SSSR count). The number of carbonyl (C=O) groups excluding carboxylic acids is 1. The summed E-state index contributed by atoms with van der Waals surface area (Å²) in [5.41, 5.74) is 0.802. The molecule has 0 aliphatic carbocycles. The standard InChI is InChI=1S/C16H13Cl3N4O2/c17-10-2-3-12(13(19)6-10)15-7-14(22-25-15)16(24)20-4-1-5-23-9-11(18)8-21-23/h2-3,6-9H,1,4-5H2,(H,20,24). The summed E-state index contributed by atoms with van der Waals surface area (Å²) in [6.07, 6.45) is 4.00. The van der Waals surface area contributed by atoms with E-state index in [1.807, 2.05) is 0 Å². The number of nitrogens with one attached hydrogen (secondary N) is 1. The van der Waals surface area contributed by atoms with E-state index in [9.17, 15) is 4.79 Å². The van der Waals surface area contributed by atoms with Crippen LogP contribution in [0.25, 0.3) is 11.3 Å². The highest BCUT2D eigenvalue weighted by atomic mass is 35.5. The molecule has 0 spiro atoms. The number of aryl methyl sites for hydroxylation is 1. The molecule has 1 N–H and O–H groups in total. The Morgan fingerprint density at radius 3 is 2.76 bits per heavy atom. The zero-order valence-electron chi connectivity index (χ0n) is 12.9. The molecule has 0 unspecified atom stereocenters. The second kappa shape index (κ2) is 7.91. The first-order valence-electron chi connectivity index (χ1n) is 7.41. The highest BCUT2D eigenvalue weighted by Gasteiger charge is 2.15. The Labute approximate surface area is 158 Å². The van der Waals surface area contributed by atoms with Crippen LogP contribution in [-0.4, -0.2) is 27.4 Å². The molecule has 1 aromatic carbocycles. The van der Waals surface area contributed by atoms with Crippen LogP contribution in [0.15, 0.2) is 41.2 Å². The zero-order valence-corrected chi connectivity index (χ0v) is 15.1. The molecule has 2 aromatic heterocycles. The molecule has 2 heterocycles. The molecule has 6 nitrogen and oxygen atoms in total. The fourth-order valence-electron chi connectivity index (χ4n) is 2.19. The quantitative estimate of drug-likeness (QED) is 0.627. The first kappa shape index (κ1) is 17.8. The fraction of sp³-hybridized carbons (Fsp3) is 0.188. The van der Waals surface area contributed by atoms with Crippen molar-refractivity contribution < 1.29 is 9.32 Å². The lowest BCUT2D eigenvalue weighted by Crippen LogP contribution is -2.25. The van der Waals surface area contributed by atoms with Gasteiger partial charge >= 0.3 is 0 Å². The number of rotatable bonds is 6. The number of hydrogen-bond donors (Lipinski definition) is 1. The molecule has 1 amide bonds. The Kier molecular flexibility index (Phi) is 5.63. The van der Waals surface area contributed by atoms with Gasteiger partial charge in [0.25, 0.3) is 5.91 Å². The molecule has 130 valence electrons. The summed E-state index contributed by atoms with van der Waals surface area (Å²) < 4.78 is 6.92. The number of aromatic nitrogens is 3. The second-order valence-corrected chi connectivity index (χ2v) is 6.51. The van der Waals surface area contributed by atoms with Gasteiger partial charge in [-0.25, -0.2) is 0 Å². The third-order valence-corrected chi connectivity index (χ3v) is 4.13. The minimum absolute atomic E-state index is 0.183. The van der Waals surface area contributed by atoms with Crippen molar-refractivity contribution in [1.82, 2.24) is 20.3 Å². The Morgan fingerprint density at radius 2 is 2.04 bits per heavy atom. The van der Waals surface area contributed by atoms with Crippen molar-refractivity contribution >= 4 is 40.7 Å². The summed E-state index contributed by atoms with van der Waals surface area (Å²) in [7, 11) is 0. The topological polar surface area (TPSA) is 73.0 Å². The average molecular weight is 400 g/mol. The van der Waals surface area contributed by atoms with Gasteiger partial charge in [0.15, 0.2) is 11.5 Å². The highest BCUT2D eigenvalue weighted by Crippen LogP contribution is 2.30. The number of benzene rings is 1. The number of amides is 1. The van der Waals surface area contributed by atoms with Crippen LogP contribution in [-0.2, 0) is 6.54 Å². The van der Waals surface area contributed by atoms with Crippen molar-refractivity contribution in [3.05, 3.63) is 57.4 Å². The third kappa shape index (κ3) is 4.54. The van der Waals surface area contributed by atoms with Crippen LogP contribution in [0.2, 0.25) is 15.1 Å². The van der Waals surface area contributed by atoms with E-state index in [1.54, 1.807) is 35.3 Å². The lowest BCUT2D eigenvalue weighted by Gasteiger charge is -2.03. The maximum atomic E-state index is 12.1. The normalized spacial score (nSPS) is 10.8. The molecular formula is C16H13Cl3N4O2. The molecule has 0 aliphatic heterocycles. The van der Waals surface area contributed by atoms with Crippen LogP contribution >= 0.6 is 34.8 Å². The van der Waals surface area contributed by atoms with Crippen molar-refractivity contribution in [3.63, 3.8) is 0 Å².